The molecule has 1 heterocycles. The van der Waals surface area contributed by atoms with Gasteiger partial charge in [0.05, 0.1) is 4.92 Å². The molecule has 1 aliphatic heterocycles. The number of nitro groups is 1. The number of rotatable bonds is 3. The Labute approximate surface area is 105 Å². The van der Waals surface area contributed by atoms with Crippen LogP contribution in [0.5, 0.6) is 0 Å². The fourth-order valence-corrected chi connectivity index (χ4v) is 2.26. The van der Waals surface area contributed by atoms with Gasteiger partial charge in [-0.05, 0) is 38.4 Å². The van der Waals surface area contributed by atoms with Gasteiger partial charge in [-0.25, -0.2) is 0 Å². The second-order valence-electron chi connectivity index (χ2n) is 4.53. The number of halogens is 1. The highest BCUT2D eigenvalue weighted by molar-refractivity contribution is 5.62. The number of hydrogen-bond donors (Lipinski definition) is 2. The molecule has 0 saturated carbocycles. The van der Waals surface area contributed by atoms with E-state index in [1.165, 1.54) is 6.07 Å². The molecule has 2 rings (SSSR count). The summed E-state index contributed by atoms with van der Waals surface area (Å²) in [7, 11) is 0. The maximum atomic E-state index is 13.5. The van der Waals surface area contributed by atoms with E-state index in [4.69, 9.17) is 0 Å². The van der Waals surface area contributed by atoms with Crippen molar-refractivity contribution in [2.45, 2.75) is 31.8 Å². The molecule has 1 aliphatic rings. The number of nitrogens with zero attached hydrogens (tertiary/aromatic N) is 1. The normalized spacial score (nSPS) is 23.7. The first-order valence-corrected chi connectivity index (χ1v) is 6.02. The molecule has 1 saturated heterocycles. The van der Waals surface area contributed by atoms with Crippen molar-refractivity contribution in [3.63, 3.8) is 0 Å². The summed E-state index contributed by atoms with van der Waals surface area (Å²) in [5, 5.41) is 17.2. The van der Waals surface area contributed by atoms with Crippen molar-refractivity contribution >= 4 is 11.4 Å². The van der Waals surface area contributed by atoms with Gasteiger partial charge in [0.25, 0.3) is 0 Å². The summed E-state index contributed by atoms with van der Waals surface area (Å²) in [6.07, 6.45) is 1.92. The van der Waals surface area contributed by atoms with Crippen LogP contribution in [-0.2, 0) is 0 Å². The Morgan fingerprint density at radius 1 is 1.56 bits per heavy atom. The molecule has 1 aromatic rings. The van der Waals surface area contributed by atoms with Crippen LogP contribution in [0, 0.1) is 15.9 Å². The Hall–Kier alpha value is -1.69. The monoisotopic (exact) mass is 253 g/mol. The third-order valence-electron chi connectivity index (χ3n) is 3.27. The number of para-hydroxylation sites is 1. The molecule has 0 amide bonds. The van der Waals surface area contributed by atoms with Crippen molar-refractivity contribution in [2.24, 2.45) is 0 Å². The zero-order chi connectivity index (χ0) is 13.1. The molecule has 18 heavy (non-hydrogen) atoms. The quantitative estimate of drug-likeness (QED) is 0.640. The number of nitro benzene ring substituents is 1. The predicted molar refractivity (Wildman–Crippen MR) is 67.2 cm³/mol. The van der Waals surface area contributed by atoms with E-state index in [-0.39, 0.29) is 17.8 Å². The van der Waals surface area contributed by atoms with Crippen LogP contribution in [-0.4, -0.2) is 23.6 Å². The van der Waals surface area contributed by atoms with Crippen LogP contribution in [0.1, 0.15) is 19.8 Å². The summed E-state index contributed by atoms with van der Waals surface area (Å²) in [4.78, 5) is 10.2. The van der Waals surface area contributed by atoms with Crippen LogP contribution >= 0.6 is 0 Å². The topological polar surface area (TPSA) is 67.2 Å². The van der Waals surface area contributed by atoms with E-state index >= 15 is 0 Å². The van der Waals surface area contributed by atoms with Gasteiger partial charge in [0.15, 0.2) is 0 Å². The molecule has 0 spiro atoms. The average molecular weight is 253 g/mol. The predicted octanol–water partition coefficient (Wildman–Crippen LogP) is 2.29. The van der Waals surface area contributed by atoms with E-state index < -0.39 is 16.4 Å². The Balaban J connectivity index is 2.23. The summed E-state index contributed by atoms with van der Waals surface area (Å²) < 4.78 is 13.5. The highest BCUT2D eigenvalue weighted by atomic mass is 19.1. The largest absolute Gasteiger partial charge is 0.375 e. The molecule has 98 valence electrons. The molecule has 0 bridgehead atoms. The lowest BCUT2D eigenvalue weighted by Gasteiger charge is -2.31. The first kappa shape index (κ1) is 12.8. The molecule has 1 fully saturated rings. The van der Waals surface area contributed by atoms with Crippen LogP contribution in [0.15, 0.2) is 18.2 Å². The molecule has 2 unspecified atom stereocenters. The van der Waals surface area contributed by atoms with Crippen LogP contribution in [0.2, 0.25) is 0 Å². The maximum absolute atomic E-state index is 13.5. The van der Waals surface area contributed by atoms with E-state index in [1.807, 2.05) is 6.92 Å². The molecular weight excluding hydrogens is 237 g/mol. The first-order chi connectivity index (χ1) is 8.59. The Bertz CT molecular complexity index is 453. The molecule has 0 aliphatic carbocycles. The lowest BCUT2D eigenvalue weighted by molar-refractivity contribution is -0.386. The van der Waals surface area contributed by atoms with E-state index in [9.17, 15) is 14.5 Å². The van der Waals surface area contributed by atoms with Gasteiger partial charge in [-0.1, -0.05) is 6.07 Å². The third kappa shape index (κ3) is 2.59. The zero-order valence-electron chi connectivity index (χ0n) is 10.1. The van der Waals surface area contributed by atoms with Crippen LogP contribution < -0.4 is 10.6 Å². The van der Waals surface area contributed by atoms with Crippen molar-refractivity contribution in [3.05, 3.63) is 34.1 Å². The SMILES string of the molecule is CC1NCCCC1Nc1cccc(F)c1[N+](=O)[O-]. The highest BCUT2D eigenvalue weighted by Crippen LogP contribution is 2.29. The van der Waals surface area contributed by atoms with Gasteiger partial charge >= 0.3 is 5.69 Å². The first-order valence-electron chi connectivity index (χ1n) is 6.02. The Kier molecular flexibility index (Phi) is 3.76. The van der Waals surface area contributed by atoms with E-state index in [2.05, 4.69) is 10.6 Å². The summed E-state index contributed by atoms with van der Waals surface area (Å²) in [6.45, 7) is 2.96. The van der Waals surface area contributed by atoms with Crippen molar-refractivity contribution < 1.29 is 9.31 Å². The Morgan fingerprint density at radius 2 is 2.33 bits per heavy atom. The average Bonchev–Trinajstić information content (AvgIpc) is 2.31. The second kappa shape index (κ2) is 5.30. The number of piperidine rings is 1. The van der Waals surface area contributed by atoms with Gasteiger partial charge in [0.2, 0.25) is 5.82 Å². The minimum atomic E-state index is -0.804. The Morgan fingerprint density at radius 3 is 3.00 bits per heavy atom. The molecule has 0 radical (unpaired) electrons. The second-order valence-corrected chi connectivity index (χ2v) is 4.53. The molecule has 2 N–H and O–H groups in total. The van der Waals surface area contributed by atoms with Crippen molar-refractivity contribution in [3.8, 4) is 0 Å². The smallest absolute Gasteiger partial charge is 0.327 e. The number of benzene rings is 1. The lowest BCUT2D eigenvalue weighted by atomic mass is 9.99. The minimum Gasteiger partial charge on any atom is -0.375 e. The minimum absolute atomic E-state index is 0.0826. The van der Waals surface area contributed by atoms with Gasteiger partial charge in [-0.2, -0.15) is 4.39 Å². The fourth-order valence-electron chi connectivity index (χ4n) is 2.26. The molecule has 2 atom stereocenters. The van der Waals surface area contributed by atoms with Gasteiger partial charge in [-0.3, -0.25) is 10.1 Å². The molecule has 1 aromatic carbocycles. The molecule has 6 heteroatoms. The summed E-state index contributed by atoms with van der Waals surface area (Å²) >= 11 is 0. The van der Waals surface area contributed by atoms with Gasteiger partial charge in [0.1, 0.15) is 5.69 Å². The summed E-state index contributed by atoms with van der Waals surface area (Å²) in [5.74, 6) is -0.804. The van der Waals surface area contributed by atoms with E-state index in [0.717, 1.165) is 25.5 Å². The zero-order valence-corrected chi connectivity index (χ0v) is 10.1. The van der Waals surface area contributed by atoms with Crippen molar-refractivity contribution in [1.82, 2.24) is 5.32 Å². The third-order valence-corrected chi connectivity index (χ3v) is 3.27. The van der Waals surface area contributed by atoms with E-state index in [0.29, 0.717) is 0 Å². The molecule has 0 aromatic heterocycles. The highest BCUT2D eigenvalue weighted by Gasteiger charge is 2.25. The molecule has 5 nitrogen and oxygen atoms in total. The number of nitrogens with one attached hydrogen (secondary N) is 2. The van der Waals surface area contributed by atoms with Crippen molar-refractivity contribution in [1.29, 1.82) is 0 Å². The van der Waals surface area contributed by atoms with Crippen molar-refractivity contribution in [2.75, 3.05) is 11.9 Å². The standard InChI is InChI=1S/C12H16FN3O2/c1-8-10(6-3-7-14-8)15-11-5-2-4-9(13)12(11)16(17)18/h2,4-5,8,10,14-15H,3,6-7H2,1H3. The van der Waals surface area contributed by atoms with Gasteiger partial charge < -0.3 is 10.6 Å². The summed E-state index contributed by atoms with van der Waals surface area (Å²) in [5.41, 5.74) is -0.226. The van der Waals surface area contributed by atoms with Gasteiger partial charge in [-0.15, -0.1) is 0 Å². The lowest BCUT2D eigenvalue weighted by Crippen LogP contribution is -2.46. The summed E-state index contributed by atoms with van der Waals surface area (Å²) in [6, 6.07) is 4.42. The number of hydrogen-bond acceptors (Lipinski definition) is 4. The van der Waals surface area contributed by atoms with E-state index in [1.54, 1.807) is 6.07 Å². The van der Waals surface area contributed by atoms with Crippen LogP contribution in [0.4, 0.5) is 15.8 Å². The van der Waals surface area contributed by atoms with Gasteiger partial charge in [0, 0.05) is 12.1 Å². The number of anilines is 1. The molecular formula is C12H16FN3O2. The van der Waals surface area contributed by atoms with Crippen LogP contribution in [0.3, 0.4) is 0 Å². The van der Waals surface area contributed by atoms with Crippen LogP contribution in [0.25, 0.3) is 0 Å². The maximum Gasteiger partial charge on any atom is 0.327 e. The fraction of sp³-hybridized carbons (Fsp3) is 0.500.